The Kier molecular flexibility index (Phi) is 4.42. The Morgan fingerprint density at radius 2 is 1.58 bits per heavy atom. The van der Waals surface area contributed by atoms with E-state index in [-0.39, 0.29) is 11.8 Å². The maximum atomic E-state index is 6.40. The molecule has 4 heteroatoms. The molecule has 1 aliphatic carbocycles. The lowest BCUT2D eigenvalue weighted by Crippen LogP contribution is -2.56. The van der Waals surface area contributed by atoms with Crippen LogP contribution in [0.25, 0.3) is 0 Å². The van der Waals surface area contributed by atoms with Crippen LogP contribution in [0.3, 0.4) is 0 Å². The van der Waals surface area contributed by atoms with Gasteiger partial charge in [0, 0.05) is 24.9 Å². The Labute approximate surface area is 116 Å². The summed E-state index contributed by atoms with van der Waals surface area (Å²) in [5.74, 6) is -0.303. The molecule has 0 radical (unpaired) electrons. The fourth-order valence-electron chi connectivity index (χ4n) is 3.91. The third-order valence-electron chi connectivity index (χ3n) is 5.05. The molecular weight excluding hydrogens is 240 g/mol. The minimum absolute atomic E-state index is 0.290. The smallest absolute Gasteiger partial charge is 0.170 e. The zero-order valence-electron chi connectivity index (χ0n) is 12.0. The van der Waals surface area contributed by atoms with Crippen molar-refractivity contribution < 1.29 is 9.47 Å². The topological polar surface area (TPSA) is 47.7 Å². The van der Waals surface area contributed by atoms with Crippen LogP contribution >= 0.6 is 0 Å². The molecule has 2 heterocycles. The first-order valence-electron chi connectivity index (χ1n) is 8.07. The number of rotatable bonds is 1. The molecule has 2 saturated heterocycles. The van der Waals surface area contributed by atoms with Crippen LogP contribution in [-0.2, 0) is 9.47 Å². The molecule has 1 spiro atoms. The minimum atomic E-state index is -0.303. The highest BCUT2D eigenvalue weighted by molar-refractivity contribution is 4.95. The standard InChI is InChI=1S/C15H28N2O2/c16-13-6-7-15(18-10-11-19-15)12-14(13)17-8-4-2-1-3-5-9-17/h13-14H,1-12,16H2. The average Bonchev–Trinajstić information content (AvgIpc) is 2.81. The number of ether oxygens (including phenoxy) is 2. The predicted molar refractivity (Wildman–Crippen MR) is 74.9 cm³/mol. The lowest BCUT2D eigenvalue weighted by molar-refractivity contribution is -0.192. The Morgan fingerprint density at radius 3 is 2.26 bits per heavy atom. The van der Waals surface area contributed by atoms with Crippen LogP contribution in [-0.4, -0.2) is 49.1 Å². The van der Waals surface area contributed by atoms with Crippen molar-refractivity contribution in [2.45, 2.75) is 69.2 Å². The second kappa shape index (κ2) is 6.08. The van der Waals surface area contributed by atoms with Crippen molar-refractivity contribution >= 4 is 0 Å². The monoisotopic (exact) mass is 268 g/mol. The fraction of sp³-hybridized carbons (Fsp3) is 1.00. The zero-order chi connectivity index (χ0) is 13.1. The molecule has 2 N–H and O–H groups in total. The van der Waals surface area contributed by atoms with E-state index < -0.39 is 0 Å². The van der Waals surface area contributed by atoms with E-state index in [0.717, 1.165) is 32.5 Å². The largest absolute Gasteiger partial charge is 0.347 e. The molecule has 0 aromatic heterocycles. The van der Waals surface area contributed by atoms with E-state index in [1.165, 1.54) is 45.2 Å². The lowest BCUT2D eigenvalue weighted by atomic mass is 9.84. The van der Waals surface area contributed by atoms with Gasteiger partial charge >= 0.3 is 0 Å². The van der Waals surface area contributed by atoms with Crippen LogP contribution in [0.5, 0.6) is 0 Å². The van der Waals surface area contributed by atoms with Crippen molar-refractivity contribution in [1.29, 1.82) is 0 Å². The van der Waals surface area contributed by atoms with Gasteiger partial charge in [-0.05, 0) is 32.4 Å². The first kappa shape index (κ1) is 13.8. The molecule has 2 aliphatic heterocycles. The van der Waals surface area contributed by atoms with Gasteiger partial charge in [-0.2, -0.15) is 0 Å². The van der Waals surface area contributed by atoms with Crippen LogP contribution < -0.4 is 5.73 Å². The Balaban J connectivity index is 1.65. The van der Waals surface area contributed by atoms with E-state index in [9.17, 15) is 0 Å². The lowest BCUT2D eigenvalue weighted by Gasteiger charge is -2.45. The molecule has 3 fully saturated rings. The molecule has 2 atom stereocenters. The van der Waals surface area contributed by atoms with E-state index in [1.54, 1.807) is 0 Å². The van der Waals surface area contributed by atoms with Gasteiger partial charge in [0.2, 0.25) is 0 Å². The van der Waals surface area contributed by atoms with Crippen molar-refractivity contribution in [2.24, 2.45) is 5.73 Å². The molecule has 19 heavy (non-hydrogen) atoms. The molecular formula is C15H28N2O2. The molecule has 110 valence electrons. The summed E-state index contributed by atoms with van der Waals surface area (Å²) in [5, 5.41) is 0. The molecule has 3 rings (SSSR count). The van der Waals surface area contributed by atoms with E-state index in [4.69, 9.17) is 15.2 Å². The van der Waals surface area contributed by atoms with Gasteiger partial charge in [0.1, 0.15) is 0 Å². The Hall–Kier alpha value is -0.160. The summed E-state index contributed by atoms with van der Waals surface area (Å²) < 4.78 is 11.8. The van der Waals surface area contributed by atoms with Crippen molar-refractivity contribution in [1.82, 2.24) is 4.90 Å². The highest BCUT2D eigenvalue weighted by atomic mass is 16.7. The van der Waals surface area contributed by atoms with E-state index in [2.05, 4.69) is 4.90 Å². The summed E-state index contributed by atoms with van der Waals surface area (Å²) in [4.78, 5) is 2.62. The molecule has 3 aliphatic rings. The third-order valence-corrected chi connectivity index (χ3v) is 5.05. The quantitative estimate of drug-likeness (QED) is 0.789. The van der Waals surface area contributed by atoms with E-state index in [1.807, 2.05) is 0 Å². The molecule has 0 bridgehead atoms. The number of nitrogens with zero attached hydrogens (tertiary/aromatic N) is 1. The molecule has 0 amide bonds. The number of hydrogen-bond acceptors (Lipinski definition) is 4. The van der Waals surface area contributed by atoms with E-state index in [0.29, 0.717) is 6.04 Å². The van der Waals surface area contributed by atoms with Crippen LogP contribution in [0, 0.1) is 0 Å². The second-order valence-corrected chi connectivity index (χ2v) is 6.39. The van der Waals surface area contributed by atoms with Gasteiger partial charge in [-0.25, -0.2) is 0 Å². The third kappa shape index (κ3) is 3.13. The summed E-state index contributed by atoms with van der Waals surface area (Å²) in [5.41, 5.74) is 6.40. The fourth-order valence-corrected chi connectivity index (χ4v) is 3.91. The normalized spacial score (nSPS) is 37.1. The summed E-state index contributed by atoms with van der Waals surface area (Å²) >= 11 is 0. The molecule has 0 aromatic carbocycles. The Bertz CT molecular complexity index is 284. The summed E-state index contributed by atoms with van der Waals surface area (Å²) in [6.45, 7) is 3.91. The highest BCUT2D eigenvalue weighted by Crippen LogP contribution is 2.37. The van der Waals surface area contributed by atoms with E-state index >= 15 is 0 Å². The first-order chi connectivity index (χ1) is 9.29. The van der Waals surface area contributed by atoms with Gasteiger partial charge in [0.15, 0.2) is 5.79 Å². The van der Waals surface area contributed by atoms with Gasteiger partial charge in [0.05, 0.1) is 13.2 Å². The predicted octanol–water partition coefficient (Wildman–Crippen LogP) is 1.88. The molecule has 4 nitrogen and oxygen atoms in total. The minimum Gasteiger partial charge on any atom is -0.347 e. The van der Waals surface area contributed by atoms with Gasteiger partial charge in [0.25, 0.3) is 0 Å². The van der Waals surface area contributed by atoms with Crippen molar-refractivity contribution in [3.63, 3.8) is 0 Å². The maximum absolute atomic E-state index is 6.40. The molecule has 1 saturated carbocycles. The number of nitrogens with two attached hydrogens (primary N) is 1. The molecule has 0 aromatic rings. The molecule has 2 unspecified atom stereocenters. The SMILES string of the molecule is NC1CCC2(CC1N1CCCCCCC1)OCCO2. The summed E-state index contributed by atoms with van der Waals surface area (Å²) in [6.07, 6.45) is 9.75. The van der Waals surface area contributed by atoms with Gasteiger partial charge in [-0.15, -0.1) is 0 Å². The second-order valence-electron chi connectivity index (χ2n) is 6.39. The highest BCUT2D eigenvalue weighted by Gasteiger charge is 2.45. The number of hydrogen-bond donors (Lipinski definition) is 1. The maximum Gasteiger partial charge on any atom is 0.170 e. The van der Waals surface area contributed by atoms with Gasteiger partial charge < -0.3 is 15.2 Å². The zero-order valence-corrected chi connectivity index (χ0v) is 12.0. The van der Waals surface area contributed by atoms with Crippen molar-refractivity contribution in [2.75, 3.05) is 26.3 Å². The number of likely N-dealkylation sites (tertiary alicyclic amines) is 1. The van der Waals surface area contributed by atoms with Crippen LogP contribution in [0.1, 0.15) is 51.4 Å². The summed E-state index contributed by atoms with van der Waals surface area (Å²) in [7, 11) is 0. The average molecular weight is 268 g/mol. The van der Waals surface area contributed by atoms with Crippen LogP contribution in [0.4, 0.5) is 0 Å². The van der Waals surface area contributed by atoms with Gasteiger partial charge in [-0.1, -0.05) is 19.3 Å². The van der Waals surface area contributed by atoms with Crippen LogP contribution in [0.15, 0.2) is 0 Å². The summed E-state index contributed by atoms with van der Waals surface area (Å²) in [6, 6.07) is 0.739. The van der Waals surface area contributed by atoms with Gasteiger partial charge in [-0.3, -0.25) is 4.90 Å². The van der Waals surface area contributed by atoms with Crippen LogP contribution in [0.2, 0.25) is 0 Å². The van der Waals surface area contributed by atoms with Crippen molar-refractivity contribution in [3.05, 3.63) is 0 Å². The first-order valence-corrected chi connectivity index (χ1v) is 8.07. The Morgan fingerprint density at radius 1 is 0.947 bits per heavy atom. The van der Waals surface area contributed by atoms with Crippen molar-refractivity contribution in [3.8, 4) is 0 Å².